The van der Waals surface area contributed by atoms with Crippen LogP contribution < -0.4 is 15.8 Å². The van der Waals surface area contributed by atoms with Gasteiger partial charge in [0.1, 0.15) is 5.75 Å². The summed E-state index contributed by atoms with van der Waals surface area (Å²) in [5.41, 5.74) is 11.7. The van der Waals surface area contributed by atoms with Gasteiger partial charge in [-0.2, -0.15) is 0 Å². The van der Waals surface area contributed by atoms with Crippen LogP contribution in [0.4, 0.5) is 11.4 Å². The molecule has 0 atom stereocenters. The van der Waals surface area contributed by atoms with E-state index >= 15 is 0 Å². The first-order chi connectivity index (χ1) is 16.9. The number of ether oxygens (including phenoxy) is 1. The third-order valence-corrected chi connectivity index (χ3v) is 7.33. The number of carbonyl (C=O) groups is 2. The number of benzene rings is 2. The topological polar surface area (TPSA) is 87.9 Å². The second kappa shape index (κ2) is 11.3. The molecule has 3 N–H and O–H groups in total. The molecule has 3 rings (SSSR count). The highest BCUT2D eigenvalue weighted by Gasteiger charge is 2.27. The number of nitrogens with one attached hydrogen (secondary N) is 1. The Morgan fingerprint density at radius 3 is 2.39 bits per heavy atom. The second-order valence-corrected chi connectivity index (χ2v) is 11.0. The summed E-state index contributed by atoms with van der Waals surface area (Å²) in [6.07, 6.45) is 1.65. The minimum atomic E-state index is -0.0483. The van der Waals surface area contributed by atoms with Gasteiger partial charge < -0.3 is 20.7 Å². The number of para-hydroxylation sites is 1. The van der Waals surface area contributed by atoms with E-state index in [0.29, 0.717) is 12.3 Å². The van der Waals surface area contributed by atoms with Crippen LogP contribution in [-0.2, 0) is 15.0 Å². The van der Waals surface area contributed by atoms with E-state index in [1.807, 2.05) is 52.1 Å². The van der Waals surface area contributed by atoms with Gasteiger partial charge in [0.15, 0.2) is 6.61 Å². The van der Waals surface area contributed by atoms with Gasteiger partial charge in [0.25, 0.3) is 5.91 Å². The summed E-state index contributed by atoms with van der Waals surface area (Å²) < 4.78 is 5.88. The average molecular weight is 495 g/mol. The molecule has 0 spiro atoms. The van der Waals surface area contributed by atoms with Crippen LogP contribution in [0.15, 0.2) is 30.3 Å². The van der Waals surface area contributed by atoms with E-state index in [1.54, 1.807) is 4.90 Å². The standard InChI is InChI=1S/C29H42N4O3/c1-19-16-25(20(2)21(3)28(19)30)36-18-27(35)32(7)22-12-14-33(15-13-22)17-26(34)31-24-11-9-8-10-23(24)29(4,5)6/h8-11,16,22H,12-15,17-18,30H2,1-7H3,(H,31,34). The van der Waals surface area contributed by atoms with Gasteiger partial charge in [-0.05, 0) is 73.4 Å². The molecule has 2 aromatic rings. The number of hydrogen-bond donors (Lipinski definition) is 2. The lowest BCUT2D eigenvalue weighted by Gasteiger charge is -2.36. The fraction of sp³-hybridized carbons (Fsp3) is 0.517. The van der Waals surface area contributed by atoms with Crippen LogP contribution in [0.1, 0.15) is 55.9 Å². The number of aryl methyl sites for hydroxylation is 1. The van der Waals surface area contributed by atoms with Crippen molar-refractivity contribution in [1.29, 1.82) is 0 Å². The minimum absolute atomic E-state index is 0.00402. The lowest BCUT2D eigenvalue weighted by molar-refractivity contribution is -0.135. The lowest BCUT2D eigenvalue weighted by atomic mass is 9.86. The van der Waals surface area contributed by atoms with Gasteiger partial charge in [-0.3, -0.25) is 14.5 Å². The van der Waals surface area contributed by atoms with E-state index in [-0.39, 0.29) is 29.9 Å². The first-order valence-corrected chi connectivity index (χ1v) is 12.7. The zero-order chi connectivity index (χ0) is 26.6. The molecule has 0 bridgehead atoms. The zero-order valence-electron chi connectivity index (χ0n) is 22.9. The Kier molecular flexibility index (Phi) is 8.67. The molecule has 196 valence electrons. The van der Waals surface area contributed by atoms with E-state index < -0.39 is 0 Å². The SMILES string of the molecule is Cc1cc(OCC(=O)N(C)C2CCN(CC(=O)Nc3ccccc3C(C)(C)C)CC2)c(C)c(C)c1N. The zero-order valence-corrected chi connectivity index (χ0v) is 22.9. The quantitative estimate of drug-likeness (QED) is 0.556. The van der Waals surface area contributed by atoms with Crippen LogP contribution in [0.3, 0.4) is 0 Å². The molecular weight excluding hydrogens is 452 g/mol. The minimum Gasteiger partial charge on any atom is -0.483 e. The van der Waals surface area contributed by atoms with Gasteiger partial charge >= 0.3 is 0 Å². The Morgan fingerprint density at radius 1 is 1.11 bits per heavy atom. The Morgan fingerprint density at radius 2 is 1.75 bits per heavy atom. The molecule has 36 heavy (non-hydrogen) atoms. The Hall–Kier alpha value is -3.06. The van der Waals surface area contributed by atoms with Crippen molar-refractivity contribution >= 4 is 23.2 Å². The van der Waals surface area contributed by atoms with Crippen molar-refractivity contribution in [3.63, 3.8) is 0 Å². The number of anilines is 2. The number of likely N-dealkylation sites (N-methyl/N-ethyl adjacent to an activating group) is 1. The van der Waals surface area contributed by atoms with E-state index in [0.717, 1.165) is 59.6 Å². The second-order valence-electron chi connectivity index (χ2n) is 11.0. The molecule has 0 saturated carbocycles. The normalized spacial score (nSPS) is 15.0. The molecule has 1 saturated heterocycles. The summed E-state index contributed by atoms with van der Waals surface area (Å²) in [6.45, 7) is 14.2. The fourth-order valence-corrected chi connectivity index (χ4v) is 4.76. The predicted molar refractivity (Wildman–Crippen MR) is 147 cm³/mol. The maximum absolute atomic E-state index is 12.8. The van der Waals surface area contributed by atoms with Crippen molar-refractivity contribution in [3.05, 3.63) is 52.6 Å². The Labute approximate surface area is 216 Å². The summed E-state index contributed by atoms with van der Waals surface area (Å²) in [4.78, 5) is 29.5. The summed E-state index contributed by atoms with van der Waals surface area (Å²) >= 11 is 0. The molecular formula is C29H42N4O3. The van der Waals surface area contributed by atoms with Crippen molar-refractivity contribution in [2.75, 3.05) is 44.3 Å². The van der Waals surface area contributed by atoms with Gasteiger partial charge in [-0.1, -0.05) is 39.0 Å². The van der Waals surface area contributed by atoms with Crippen LogP contribution >= 0.6 is 0 Å². The summed E-state index contributed by atoms with van der Waals surface area (Å²) in [5.74, 6) is 0.652. The Balaban J connectivity index is 1.48. The molecule has 0 unspecified atom stereocenters. The molecule has 1 aliphatic rings. The van der Waals surface area contributed by atoms with E-state index in [1.165, 1.54) is 0 Å². The highest BCUT2D eigenvalue weighted by molar-refractivity contribution is 5.93. The third-order valence-electron chi connectivity index (χ3n) is 7.33. The van der Waals surface area contributed by atoms with Crippen LogP contribution in [0.5, 0.6) is 5.75 Å². The number of likely N-dealkylation sites (tertiary alicyclic amines) is 1. The molecule has 7 nitrogen and oxygen atoms in total. The number of rotatable bonds is 7. The molecule has 0 aromatic heterocycles. The number of carbonyl (C=O) groups excluding carboxylic acids is 2. The molecule has 7 heteroatoms. The third kappa shape index (κ3) is 6.58. The molecule has 1 fully saturated rings. The van der Waals surface area contributed by atoms with Gasteiger partial charge in [0.2, 0.25) is 5.91 Å². The van der Waals surface area contributed by atoms with Crippen molar-refractivity contribution in [1.82, 2.24) is 9.80 Å². The van der Waals surface area contributed by atoms with E-state index in [9.17, 15) is 9.59 Å². The van der Waals surface area contributed by atoms with Gasteiger partial charge in [-0.15, -0.1) is 0 Å². The van der Waals surface area contributed by atoms with Crippen LogP contribution in [0.25, 0.3) is 0 Å². The molecule has 0 radical (unpaired) electrons. The van der Waals surface area contributed by atoms with E-state index in [4.69, 9.17) is 10.5 Å². The van der Waals surface area contributed by atoms with Gasteiger partial charge in [-0.25, -0.2) is 0 Å². The number of hydrogen-bond acceptors (Lipinski definition) is 5. The van der Waals surface area contributed by atoms with Crippen molar-refractivity contribution in [3.8, 4) is 5.75 Å². The fourth-order valence-electron chi connectivity index (χ4n) is 4.76. The van der Waals surface area contributed by atoms with Crippen molar-refractivity contribution < 1.29 is 14.3 Å². The van der Waals surface area contributed by atoms with Crippen molar-refractivity contribution in [2.45, 2.75) is 65.8 Å². The molecule has 2 amide bonds. The highest BCUT2D eigenvalue weighted by Crippen LogP contribution is 2.30. The van der Waals surface area contributed by atoms with Crippen LogP contribution in [-0.4, -0.2) is 60.9 Å². The number of piperidine rings is 1. The maximum atomic E-state index is 12.8. The van der Waals surface area contributed by atoms with Crippen molar-refractivity contribution in [2.24, 2.45) is 0 Å². The van der Waals surface area contributed by atoms with Crippen LogP contribution in [0.2, 0.25) is 0 Å². The maximum Gasteiger partial charge on any atom is 0.260 e. The number of amides is 2. The summed E-state index contributed by atoms with van der Waals surface area (Å²) in [6, 6.07) is 10.0. The smallest absolute Gasteiger partial charge is 0.260 e. The monoisotopic (exact) mass is 494 g/mol. The summed E-state index contributed by atoms with van der Waals surface area (Å²) in [7, 11) is 1.84. The van der Waals surface area contributed by atoms with E-state index in [2.05, 4.69) is 37.1 Å². The highest BCUT2D eigenvalue weighted by atomic mass is 16.5. The largest absolute Gasteiger partial charge is 0.483 e. The number of nitrogens with zero attached hydrogens (tertiary/aromatic N) is 2. The Bertz CT molecular complexity index is 1100. The number of nitrogen functional groups attached to an aromatic ring is 1. The summed E-state index contributed by atoms with van der Waals surface area (Å²) in [5, 5.41) is 3.10. The molecule has 1 heterocycles. The van der Waals surface area contributed by atoms with Gasteiger partial charge in [0, 0.05) is 37.6 Å². The molecule has 1 aliphatic heterocycles. The molecule has 0 aliphatic carbocycles. The lowest BCUT2D eigenvalue weighted by Crippen LogP contribution is -2.48. The number of nitrogens with two attached hydrogens (primary N) is 1. The first-order valence-electron chi connectivity index (χ1n) is 12.7. The molecule has 2 aromatic carbocycles. The average Bonchev–Trinajstić information content (AvgIpc) is 2.83. The predicted octanol–water partition coefficient (Wildman–Crippen LogP) is 4.43. The first kappa shape index (κ1) is 27.5. The van der Waals surface area contributed by atoms with Gasteiger partial charge in [0.05, 0.1) is 6.54 Å². The van der Waals surface area contributed by atoms with Crippen LogP contribution in [0, 0.1) is 20.8 Å².